The van der Waals surface area contributed by atoms with Gasteiger partial charge in [0.1, 0.15) is 6.10 Å². The zero-order valence-corrected chi connectivity index (χ0v) is 7.88. The van der Waals surface area contributed by atoms with Crippen molar-refractivity contribution in [3.8, 4) is 0 Å². The fraction of sp³-hybridized carbons (Fsp3) is 0.333. The number of hydrogen-bond donors (Lipinski definition) is 2. The Morgan fingerprint density at radius 1 is 1.64 bits per heavy atom. The molecule has 0 amide bonds. The highest BCUT2D eigenvalue weighted by molar-refractivity contribution is 5.30. The summed E-state index contributed by atoms with van der Waals surface area (Å²) in [5, 5.41) is 12.5. The van der Waals surface area contributed by atoms with E-state index in [9.17, 15) is 5.11 Å². The summed E-state index contributed by atoms with van der Waals surface area (Å²) in [4.78, 5) is 8.26. The fourth-order valence-corrected chi connectivity index (χ4v) is 1.31. The number of hydrogen-bond acceptors (Lipinski definition) is 4. The van der Waals surface area contributed by atoms with Gasteiger partial charge in [-0.3, -0.25) is 4.40 Å². The molecule has 0 fully saturated rings. The van der Waals surface area contributed by atoms with Gasteiger partial charge >= 0.3 is 0 Å². The maximum Gasteiger partial charge on any atom is 0.234 e. The number of aliphatic hydroxyl groups is 1. The molecule has 74 valence electrons. The molecule has 0 aromatic carbocycles. The second-order valence-corrected chi connectivity index (χ2v) is 3.07. The predicted octanol–water partition coefficient (Wildman–Crippen LogP) is -0.0179. The van der Waals surface area contributed by atoms with Gasteiger partial charge in [0.25, 0.3) is 0 Å². The smallest absolute Gasteiger partial charge is 0.234 e. The van der Waals surface area contributed by atoms with E-state index in [0.29, 0.717) is 18.0 Å². The van der Waals surface area contributed by atoms with Gasteiger partial charge < -0.3 is 10.4 Å². The van der Waals surface area contributed by atoms with Crippen LogP contribution in [0.25, 0.3) is 5.78 Å². The summed E-state index contributed by atoms with van der Waals surface area (Å²) < 4.78 is 1.79. The van der Waals surface area contributed by atoms with E-state index in [4.69, 9.17) is 0 Å². The molecular formula is C9H12N4O. The highest BCUT2D eigenvalue weighted by atomic mass is 16.3. The molecule has 14 heavy (non-hydrogen) atoms. The van der Waals surface area contributed by atoms with E-state index >= 15 is 0 Å². The van der Waals surface area contributed by atoms with Crippen LogP contribution in [0, 0.1) is 0 Å². The summed E-state index contributed by atoms with van der Waals surface area (Å²) in [5.74, 6) is 0.609. The number of likely N-dealkylation sites (N-methyl/N-ethyl adjacent to an activating group) is 1. The molecule has 2 heterocycles. The molecule has 5 nitrogen and oxygen atoms in total. The number of nitrogens with zero attached hydrogens (tertiary/aromatic N) is 3. The molecule has 0 saturated heterocycles. The summed E-state index contributed by atoms with van der Waals surface area (Å²) in [7, 11) is 1.79. The van der Waals surface area contributed by atoms with E-state index in [-0.39, 0.29) is 0 Å². The van der Waals surface area contributed by atoms with Crippen LogP contribution in [0.1, 0.15) is 11.8 Å². The Labute approximate surface area is 81.4 Å². The van der Waals surface area contributed by atoms with Crippen LogP contribution in [0.5, 0.6) is 0 Å². The summed E-state index contributed by atoms with van der Waals surface area (Å²) in [5.41, 5.74) is 0.637. The Kier molecular flexibility index (Phi) is 2.43. The molecule has 1 unspecified atom stereocenters. The highest BCUT2D eigenvalue weighted by Gasteiger charge is 2.10. The van der Waals surface area contributed by atoms with Gasteiger partial charge in [0.15, 0.2) is 0 Å². The summed E-state index contributed by atoms with van der Waals surface area (Å²) in [6.07, 6.45) is 4.73. The van der Waals surface area contributed by atoms with Crippen molar-refractivity contribution in [2.24, 2.45) is 0 Å². The summed E-state index contributed by atoms with van der Waals surface area (Å²) in [6.45, 7) is 0.490. The molecule has 0 aliphatic heterocycles. The van der Waals surface area contributed by atoms with Gasteiger partial charge in [0, 0.05) is 25.1 Å². The first-order valence-electron chi connectivity index (χ1n) is 4.43. The largest absolute Gasteiger partial charge is 0.385 e. The van der Waals surface area contributed by atoms with Crippen molar-refractivity contribution < 1.29 is 5.11 Å². The molecule has 2 N–H and O–H groups in total. The number of nitrogens with one attached hydrogen (secondary N) is 1. The van der Waals surface area contributed by atoms with Crippen LogP contribution in [0.2, 0.25) is 0 Å². The third-order valence-corrected chi connectivity index (χ3v) is 1.99. The Hall–Kier alpha value is -1.46. The SMILES string of the molecule is CNCC(O)c1cn2cccnc2n1. The summed E-state index contributed by atoms with van der Waals surface area (Å²) in [6, 6.07) is 1.82. The second kappa shape index (κ2) is 3.73. The predicted molar refractivity (Wildman–Crippen MR) is 51.9 cm³/mol. The van der Waals surface area contributed by atoms with Gasteiger partial charge in [-0.25, -0.2) is 9.97 Å². The molecule has 2 aromatic heterocycles. The Morgan fingerprint density at radius 2 is 2.50 bits per heavy atom. The van der Waals surface area contributed by atoms with Crippen molar-refractivity contribution in [2.45, 2.75) is 6.10 Å². The number of fused-ring (bicyclic) bond motifs is 1. The molecule has 2 aromatic rings. The summed E-state index contributed by atoms with van der Waals surface area (Å²) >= 11 is 0. The zero-order chi connectivity index (χ0) is 9.97. The Balaban J connectivity index is 2.35. The molecule has 1 atom stereocenters. The fourth-order valence-electron chi connectivity index (χ4n) is 1.31. The Bertz CT molecular complexity index is 392. The van der Waals surface area contributed by atoms with Crippen molar-refractivity contribution in [1.29, 1.82) is 0 Å². The van der Waals surface area contributed by atoms with E-state index in [0.717, 1.165) is 0 Å². The number of aromatic nitrogens is 3. The van der Waals surface area contributed by atoms with Gasteiger partial charge in [-0.1, -0.05) is 0 Å². The van der Waals surface area contributed by atoms with Crippen molar-refractivity contribution in [1.82, 2.24) is 19.7 Å². The Morgan fingerprint density at radius 3 is 3.21 bits per heavy atom. The maximum atomic E-state index is 9.66. The second-order valence-electron chi connectivity index (χ2n) is 3.07. The minimum Gasteiger partial charge on any atom is -0.385 e. The van der Waals surface area contributed by atoms with Gasteiger partial charge in [-0.2, -0.15) is 0 Å². The first-order chi connectivity index (χ1) is 6.81. The van der Waals surface area contributed by atoms with Crippen LogP contribution in [0.15, 0.2) is 24.7 Å². The maximum absolute atomic E-state index is 9.66. The lowest BCUT2D eigenvalue weighted by Gasteiger charge is -2.04. The quantitative estimate of drug-likeness (QED) is 0.717. The highest BCUT2D eigenvalue weighted by Crippen LogP contribution is 2.10. The van der Waals surface area contributed by atoms with Crippen LogP contribution < -0.4 is 5.32 Å². The minimum atomic E-state index is -0.582. The molecule has 5 heteroatoms. The molecule has 0 bridgehead atoms. The van der Waals surface area contributed by atoms with Crippen molar-refractivity contribution in [2.75, 3.05) is 13.6 Å². The standard InChI is InChI=1S/C9H12N4O/c1-10-5-8(14)7-6-13-4-2-3-11-9(13)12-7/h2-4,6,8,10,14H,5H2,1H3. The van der Waals surface area contributed by atoms with Crippen LogP contribution in [-0.4, -0.2) is 33.1 Å². The molecule has 0 aliphatic rings. The number of aliphatic hydroxyl groups excluding tert-OH is 1. The van der Waals surface area contributed by atoms with Gasteiger partial charge in [-0.05, 0) is 13.1 Å². The monoisotopic (exact) mass is 192 g/mol. The number of rotatable bonds is 3. The van der Waals surface area contributed by atoms with E-state index in [2.05, 4.69) is 15.3 Å². The first-order valence-corrected chi connectivity index (χ1v) is 4.43. The molecular weight excluding hydrogens is 180 g/mol. The lowest BCUT2D eigenvalue weighted by Crippen LogP contribution is -2.16. The lowest BCUT2D eigenvalue weighted by atomic mass is 10.3. The van der Waals surface area contributed by atoms with Crippen LogP contribution in [0.4, 0.5) is 0 Å². The average Bonchev–Trinajstić information content (AvgIpc) is 2.61. The molecule has 0 saturated carbocycles. The molecule has 0 aliphatic carbocycles. The molecule has 0 spiro atoms. The van der Waals surface area contributed by atoms with Crippen molar-refractivity contribution in [3.05, 3.63) is 30.4 Å². The third-order valence-electron chi connectivity index (χ3n) is 1.99. The van der Waals surface area contributed by atoms with E-state index < -0.39 is 6.10 Å². The van der Waals surface area contributed by atoms with Crippen LogP contribution in [-0.2, 0) is 0 Å². The van der Waals surface area contributed by atoms with Crippen molar-refractivity contribution >= 4 is 5.78 Å². The van der Waals surface area contributed by atoms with E-state index in [1.54, 1.807) is 23.8 Å². The topological polar surface area (TPSA) is 62.5 Å². The normalized spacial score (nSPS) is 13.3. The minimum absolute atomic E-state index is 0.490. The third kappa shape index (κ3) is 1.59. The molecule has 0 radical (unpaired) electrons. The van der Waals surface area contributed by atoms with Crippen LogP contribution in [0.3, 0.4) is 0 Å². The van der Waals surface area contributed by atoms with Gasteiger partial charge in [0.05, 0.1) is 5.69 Å². The van der Waals surface area contributed by atoms with Crippen LogP contribution >= 0.6 is 0 Å². The first kappa shape index (κ1) is 9.11. The van der Waals surface area contributed by atoms with E-state index in [1.807, 2.05) is 12.3 Å². The van der Waals surface area contributed by atoms with E-state index in [1.165, 1.54) is 0 Å². The van der Waals surface area contributed by atoms with Crippen molar-refractivity contribution in [3.63, 3.8) is 0 Å². The zero-order valence-electron chi connectivity index (χ0n) is 7.88. The number of imidazole rings is 1. The average molecular weight is 192 g/mol. The van der Waals surface area contributed by atoms with Gasteiger partial charge in [0.2, 0.25) is 5.78 Å². The lowest BCUT2D eigenvalue weighted by molar-refractivity contribution is 0.173. The molecule has 2 rings (SSSR count). The van der Waals surface area contributed by atoms with Gasteiger partial charge in [-0.15, -0.1) is 0 Å².